The molecule has 27 valence electrons. The van der Waals surface area contributed by atoms with Gasteiger partial charge in [-0.3, -0.25) is 0 Å². The van der Waals surface area contributed by atoms with Gasteiger partial charge in [0.15, 0.2) is 0 Å². The Hall–Kier alpha value is 1.11. The molecule has 3 heteroatoms. The quantitative estimate of drug-likeness (QED) is 0.448. The van der Waals surface area contributed by atoms with Crippen LogP contribution in [0, 0.1) is 7.43 Å². The molecule has 0 saturated carbocycles. The number of halogens is 2. The predicted octanol–water partition coefficient (Wildman–Crippen LogP) is 1.83. The molecular formula is CH3Cl2Cr. The van der Waals surface area contributed by atoms with Gasteiger partial charge in [0.1, 0.15) is 0 Å². The standard InChI is InChI=1S/CH3.2ClH.Cr/h1H3;2*1H;/q-1;;;+3/p-2. The Labute approximate surface area is 41.2 Å². The topological polar surface area (TPSA) is 0 Å². The summed E-state index contributed by atoms with van der Waals surface area (Å²) in [6, 6.07) is 0. The monoisotopic (exact) mass is 137 g/mol. The van der Waals surface area contributed by atoms with Gasteiger partial charge in [-0.1, -0.05) is 0 Å². The molecule has 0 N–H and O–H groups in total. The fraction of sp³-hybridized carbons (Fsp3) is 0. The zero-order chi connectivity index (χ0) is 2.71. The Morgan fingerprint density at radius 1 is 1.25 bits per heavy atom. The molecular weight excluding hydrogens is 135 g/mol. The molecule has 0 aliphatic carbocycles. The van der Waals surface area contributed by atoms with E-state index in [4.69, 9.17) is 20.1 Å². The van der Waals surface area contributed by atoms with Gasteiger partial charge < -0.3 is 7.43 Å². The van der Waals surface area contributed by atoms with Crippen LogP contribution in [-0.4, -0.2) is 0 Å². The van der Waals surface area contributed by atoms with Crippen molar-refractivity contribution in [3.05, 3.63) is 7.43 Å². The number of rotatable bonds is 0. The van der Waals surface area contributed by atoms with Crippen LogP contribution >= 0.6 is 20.1 Å². The third-order valence-electron chi connectivity index (χ3n) is 0. The summed E-state index contributed by atoms with van der Waals surface area (Å²) in [6.45, 7) is 0. The normalized spacial score (nSPS) is 3.50. The summed E-state index contributed by atoms with van der Waals surface area (Å²) in [6.07, 6.45) is 0. The van der Waals surface area contributed by atoms with E-state index in [9.17, 15) is 0 Å². The first kappa shape index (κ1) is 8.93. The first-order valence-corrected chi connectivity index (χ1v) is 3.82. The van der Waals surface area contributed by atoms with Crippen LogP contribution in [0.15, 0.2) is 0 Å². The minimum absolute atomic E-state index is 0. The van der Waals surface area contributed by atoms with Gasteiger partial charge in [0.2, 0.25) is 0 Å². The van der Waals surface area contributed by atoms with Gasteiger partial charge in [-0.25, -0.2) is 0 Å². The third kappa shape index (κ3) is 11.2. The van der Waals surface area contributed by atoms with Crippen molar-refractivity contribution in [3.8, 4) is 0 Å². The zero-order valence-corrected chi connectivity index (χ0v) is 4.95. The van der Waals surface area contributed by atoms with Crippen LogP contribution in [0.1, 0.15) is 0 Å². The molecule has 0 spiro atoms. The molecule has 0 aromatic heterocycles. The average Bonchev–Trinajstić information content (AvgIpc) is 0.918. The van der Waals surface area contributed by atoms with Crippen molar-refractivity contribution in [1.29, 1.82) is 0 Å². The molecule has 0 unspecified atom stereocenters. The van der Waals surface area contributed by atoms with Gasteiger partial charge in [0.25, 0.3) is 0 Å². The molecule has 0 radical (unpaired) electrons. The number of hydrogen-bond donors (Lipinski definition) is 0. The van der Waals surface area contributed by atoms with Gasteiger partial charge in [-0.05, 0) is 0 Å². The molecule has 0 atom stereocenters. The van der Waals surface area contributed by atoms with Crippen LogP contribution < -0.4 is 0 Å². The van der Waals surface area contributed by atoms with Crippen LogP contribution in [0.5, 0.6) is 0 Å². The van der Waals surface area contributed by atoms with Gasteiger partial charge >= 0.3 is 33.5 Å². The fourth-order valence-electron chi connectivity index (χ4n) is 0. The first-order chi connectivity index (χ1) is 1.41. The van der Waals surface area contributed by atoms with E-state index in [0.29, 0.717) is 0 Å². The van der Waals surface area contributed by atoms with Crippen LogP contribution in [0.3, 0.4) is 0 Å². The van der Waals surface area contributed by atoms with Crippen molar-refractivity contribution in [2.75, 3.05) is 0 Å². The van der Waals surface area contributed by atoms with E-state index in [2.05, 4.69) is 0 Å². The summed E-state index contributed by atoms with van der Waals surface area (Å²) in [7, 11) is 9.65. The fourth-order valence-corrected chi connectivity index (χ4v) is 0. The number of hydrogen-bond acceptors (Lipinski definition) is 0. The van der Waals surface area contributed by atoms with E-state index in [1.807, 2.05) is 0 Å². The van der Waals surface area contributed by atoms with Crippen LogP contribution in [-0.2, 0) is 13.4 Å². The van der Waals surface area contributed by atoms with E-state index in [0.717, 1.165) is 0 Å². The van der Waals surface area contributed by atoms with Crippen LogP contribution in [0.4, 0.5) is 0 Å². The van der Waals surface area contributed by atoms with Crippen LogP contribution in [0.2, 0.25) is 0 Å². The van der Waals surface area contributed by atoms with E-state index in [-0.39, 0.29) is 20.8 Å². The van der Waals surface area contributed by atoms with Gasteiger partial charge in [-0.15, -0.1) is 0 Å². The van der Waals surface area contributed by atoms with Gasteiger partial charge in [0, 0.05) is 0 Å². The summed E-state index contributed by atoms with van der Waals surface area (Å²) in [4.78, 5) is 0. The molecule has 4 heavy (non-hydrogen) atoms. The molecule has 0 heterocycles. The molecule has 0 aliphatic rings. The van der Waals surface area contributed by atoms with Crippen molar-refractivity contribution < 1.29 is 13.4 Å². The second-order valence-electron chi connectivity index (χ2n) is 0.0583. The third-order valence-corrected chi connectivity index (χ3v) is 0. The minimum atomic E-state index is -0.181. The summed E-state index contributed by atoms with van der Waals surface area (Å²) in [5, 5.41) is 0. The first-order valence-electron chi connectivity index (χ1n) is 0.309. The van der Waals surface area contributed by atoms with Gasteiger partial charge in [0.05, 0.1) is 0 Å². The van der Waals surface area contributed by atoms with Crippen LogP contribution in [0.25, 0.3) is 0 Å². The predicted molar refractivity (Wildman–Crippen MR) is 18.1 cm³/mol. The zero-order valence-electron chi connectivity index (χ0n) is 2.16. The Kier molecular flexibility index (Phi) is 19.9. The van der Waals surface area contributed by atoms with Crippen molar-refractivity contribution >= 4 is 20.1 Å². The second-order valence-corrected chi connectivity index (χ2v) is 2.16. The Morgan fingerprint density at radius 2 is 1.25 bits per heavy atom. The summed E-state index contributed by atoms with van der Waals surface area (Å²) in [5.41, 5.74) is 0. The van der Waals surface area contributed by atoms with Crippen molar-refractivity contribution in [2.45, 2.75) is 0 Å². The van der Waals surface area contributed by atoms with E-state index in [1.165, 1.54) is 0 Å². The Balaban J connectivity index is 0. The molecule has 0 aliphatic heterocycles. The van der Waals surface area contributed by atoms with Crippen molar-refractivity contribution in [2.24, 2.45) is 0 Å². The van der Waals surface area contributed by atoms with Crippen molar-refractivity contribution in [3.63, 3.8) is 0 Å². The molecule has 0 rings (SSSR count). The molecule has 0 aromatic carbocycles. The summed E-state index contributed by atoms with van der Waals surface area (Å²) in [5.74, 6) is 0. The van der Waals surface area contributed by atoms with E-state index < -0.39 is 0 Å². The molecule has 0 nitrogen and oxygen atoms in total. The molecule has 0 saturated heterocycles. The Morgan fingerprint density at radius 3 is 1.25 bits per heavy atom. The average molecular weight is 138 g/mol. The van der Waals surface area contributed by atoms with E-state index >= 15 is 0 Å². The van der Waals surface area contributed by atoms with Crippen molar-refractivity contribution in [1.82, 2.24) is 0 Å². The van der Waals surface area contributed by atoms with Gasteiger partial charge in [-0.2, -0.15) is 0 Å². The maximum absolute atomic E-state index is 4.83. The maximum atomic E-state index is 4.83. The SMILES string of the molecule is [CH3-].[Cl][Cr+][Cl]. The second kappa shape index (κ2) is 8.93. The van der Waals surface area contributed by atoms with E-state index in [1.54, 1.807) is 0 Å². The summed E-state index contributed by atoms with van der Waals surface area (Å²) < 4.78 is 0. The molecule has 0 fully saturated rings. The molecule has 0 bridgehead atoms. The summed E-state index contributed by atoms with van der Waals surface area (Å²) >= 11 is -0.181. The molecule has 0 amide bonds. The molecule has 0 aromatic rings. The Bertz CT molecular complexity index is 6.00.